The highest BCUT2D eigenvalue weighted by Gasteiger charge is 2.15. The summed E-state index contributed by atoms with van der Waals surface area (Å²) in [6.45, 7) is 9.01. The molecule has 1 aliphatic rings. The van der Waals surface area contributed by atoms with Crippen molar-refractivity contribution in [1.82, 2.24) is 4.90 Å². The first kappa shape index (κ1) is 9.94. The Morgan fingerprint density at radius 2 is 2.38 bits per heavy atom. The van der Waals surface area contributed by atoms with Gasteiger partial charge < -0.3 is 4.90 Å². The van der Waals surface area contributed by atoms with Gasteiger partial charge in [0.1, 0.15) is 0 Å². The zero-order valence-corrected chi connectivity index (χ0v) is 8.35. The van der Waals surface area contributed by atoms with E-state index in [2.05, 4.69) is 36.8 Å². The summed E-state index contributed by atoms with van der Waals surface area (Å²) >= 11 is 4.34. The Bertz CT molecular complexity index is 309. The molecule has 0 bridgehead atoms. The molecule has 0 fully saturated rings. The van der Waals surface area contributed by atoms with E-state index >= 15 is 0 Å². The van der Waals surface area contributed by atoms with Crippen LogP contribution in [0, 0.1) is 11.3 Å². The van der Waals surface area contributed by atoms with Crippen LogP contribution in [0.3, 0.4) is 0 Å². The first-order valence-electron chi connectivity index (χ1n) is 4.06. The van der Waals surface area contributed by atoms with Gasteiger partial charge in [0.25, 0.3) is 0 Å². The van der Waals surface area contributed by atoms with E-state index in [1.165, 1.54) is 0 Å². The Kier molecular flexibility index (Phi) is 3.21. The lowest BCUT2D eigenvalue weighted by Gasteiger charge is -2.27. The summed E-state index contributed by atoms with van der Waals surface area (Å²) in [6.07, 6.45) is 2.62. The second-order valence-electron chi connectivity index (χ2n) is 2.92. The van der Waals surface area contributed by atoms with Gasteiger partial charge in [-0.1, -0.05) is 13.2 Å². The number of allylic oxidation sites excluding steroid dienone is 1. The topological polar surface area (TPSA) is 27.0 Å². The molecular formula is C10H12N2S. The molecule has 0 N–H and O–H groups in total. The number of nitriles is 1. The van der Waals surface area contributed by atoms with E-state index in [1.54, 1.807) is 6.20 Å². The summed E-state index contributed by atoms with van der Waals surface area (Å²) < 4.78 is 0. The van der Waals surface area contributed by atoms with Crippen molar-refractivity contribution in [3.8, 4) is 6.07 Å². The van der Waals surface area contributed by atoms with Crippen molar-refractivity contribution in [3.63, 3.8) is 0 Å². The molecule has 2 nitrogen and oxygen atoms in total. The summed E-state index contributed by atoms with van der Waals surface area (Å²) in [5, 5.41) is 8.68. The fourth-order valence-corrected chi connectivity index (χ4v) is 1.74. The van der Waals surface area contributed by atoms with Gasteiger partial charge in [-0.2, -0.15) is 5.26 Å². The summed E-state index contributed by atoms with van der Waals surface area (Å²) in [5.41, 5.74) is 1.53. The van der Waals surface area contributed by atoms with Crippen LogP contribution in [0.25, 0.3) is 0 Å². The van der Waals surface area contributed by atoms with Gasteiger partial charge in [0.2, 0.25) is 0 Å². The number of rotatable bonds is 2. The van der Waals surface area contributed by atoms with Crippen LogP contribution < -0.4 is 0 Å². The molecule has 1 aliphatic heterocycles. The van der Waals surface area contributed by atoms with Crippen molar-refractivity contribution < 1.29 is 0 Å². The predicted octanol–water partition coefficient (Wildman–Crippen LogP) is 2.10. The maximum absolute atomic E-state index is 8.68. The molecule has 1 rings (SSSR count). The molecule has 1 heterocycles. The molecule has 0 aliphatic carbocycles. The Labute approximate surface area is 84.3 Å². The predicted molar refractivity (Wildman–Crippen MR) is 57.2 cm³/mol. The molecule has 13 heavy (non-hydrogen) atoms. The molecule has 0 saturated carbocycles. The number of nitrogens with zero attached hydrogens (tertiary/aromatic N) is 2. The second-order valence-corrected chi connectivity index (χ2v) is 3.46. The first-order valence-corrected chi connectivity index (χ1v) is 4.50. The van der Waals surface area contributed by atoms with Crippen LogP contribution >= 0.6 is 12.6 Å². The van der Waals surface area contributed by atoms with Crippen LogP contribution in [-0.2, 0) is 0 Å². The van der Waals surface area contributed by atoms with Crippen molar-refractivity contribution in [1.29, 1.82) is 5.26 Å². The molecule has 3 heteroatoms. The molecule has 0 aromatic carbocycles. The Morgan fingerprint density at radius 1 is 1.69 bits per heavy atom. The maximum Gasteiger partial charge on any atom is 0.0988 e. The van der Waals surface area contributed by atoms with Gasteiger partial charge in [-0.05, 0) is 18.2 Å². The summed E-state index contributed by atoms with van der Waals surface area (Å²) in [7, 11) is 0. The molecule has 0 aromatic heterocycles. The first-order chi connectivity index (χ1) is 6.19. The minimum Gasteiger partial charge on any atom is -0.373 e. The van der Waals surface area contributed by atoms with Crippen molar-refractivity contribution in [2.24, 2.45) is 0 Å². The average Bonchev–Trinajstić information content (AvgIpc) is 2.16. The lowest BCUT2D eigenvalue weighted by Crippen LogP contribution is -2.25. The maximum atomic E-state index is 8.68. The Morgan fingerprint density at radius 3 is 2.85 bits per heavy atom. The minimum atomic E-state index is 0.536. The van der Waals surface area contributed by atoms with Crippen molar-refractivity contribution in [2.75, 3.05) is 13.1 Å². The molecule has 0 spiro atoms. The monoisotopic (exact) mass is 192 g/mol. The van der Waals surface area contributed by atoms with Gasteiger partial charge in [-0.15, -0.1) is 12.6 Å². The lowest BCUT2D eigenvalue weighted by atomic mass is 10.0. The summed E-state index contributed by atoms with van der Waals surface area (Å²) in [4.78, 5) is 2.99. The molecule has 0 atom stereocenters. The SMILES string of the molecule is C=CN1CCC(C(=C)C#N)=C(S)C1. The normalized spacial score (nSPS) is 16.8. The van der Waals surface area contributed by atoms with Gasteiger partial charge >= 0.3 is 0 Å². The summed E-state index contributed by atoms with van der Waals surface area (Å²) in [5.74, 6) is 0. The van der Waals surface area contributed by atoms with Gasteiger partial charge in [0.05, 0.1) is 6.07 Å². The lowest BCUT2D eigenvalue weighted by molar-refractivity contribution is 0.401. The largest absolute Gasteiger partial charge is 0.373 e. The van der Waals surface area contributed by atoms with E-state index in [1.807, 2.05) is 0 Å². The van der Waals surface area contributed by atoms with Crippen molar-refractivity contribution in [3.05, 3.63) is 35.4 Å². The van der Waals surface area contributed by atoms with Gasteiger partial charge in [-0.3, -0.25) is 0 Å². The molecule has 0 amide bonds. The number of hydrogen-bond donors (Lipinski definition) is 1. The smallest absolute Gasteiger partial charge is 0.0988 e. The third kappa shape index (κ3) is 2.16. The highest BCUT2D eigenvalue weighted by atomic mass is 32.1. The van der Waals surface area contributed by atoms with Crippen LogP contribution in [0.2, 0.25) is 0 Å². The van der Waals surface area contributed by atoms with E-state index in [4.69, 9.17) is 5.26 Å². The molecule has 0 radical (unpaired) electrons. The van der Waals surface area contributed by atoms with Gasteiger partial charge in [-0.25, -0.2) is 0 Å². The van der Waals surface area contributed by atoms with Crippen LogP contribution in [0.4, 0.5) is 0 Å². The number of hydrogen-bond acceptors (Lipinski definition) is 3. The number of thiol groups is 1. The van der Waals surface area contributed by atoms with E-state index in [-0.39, 0.29) is 0 Å². The van der Waals surface area contributed by atoms with E-state index in [0.29, 0.717) is 5.57 Å². The Balaban J connectivity index is 2.83. The molecule has 0 unspecified atom stereocenters. The van der Waals surface area contributed by atoms with Crippen LogP contribution in [0.15, 0.2) is 35.4 Å². The van der Waals surface area contributed by atoms with Crippen LogP contribution in [0.5, 0.6) is 0 Å². The van der Waals surface area contributed by atoms with Crippen LogP contribution in [-0.4, -0.2) is 18.0 Å². The van der Waals surface area contributed by atoms with Crippen molar-refractivity contribution in [2.45, 2.75) is 6.42 Å². The molecule has 0 saturated heterocycles. The van der Waals surface area contributed by atoms with Gasteiger partial charge in [0, 0.05) is 23.6 Å². The van der Waals surface area contributed by atoms with E-state index in [9.17, 15) is 0 Å². The average molecular weight is 192 g/mol. The zero-order valence-electron chi connectivity index (χ0n) is 7.45. The van der Waals surface area contributed by atoms with E-state index < -0.39 is 0 Å². The Hall–Kier alpha value is -1.14. The minimum absolute atomic E-state index is 0.536. The van der Waals surface area contributed by atoms with E-state index in [0.717, 1.165) is 30.0 Å². The third-order valence-electron chi connectivity index (χ3n) is 2.11. The molecule has 0 aromatic rings. The molecular weight excluding hydrogens is 180 g/mol. The molecule has 68 valence electrons. The fourth-order valence-electron chi connectivity index (χ4n) is 1.31. The fraction of sp³-hybridized carbons (Fsp3) is 0.300. The highest BCUT2D eigenvalue weighted by Crippen LogP contribution is 2.25. The highest BCUT2D eigenvalue weighted by molar-refractivity contribution is 7.84. The van der Waals surface area contributed by atoms with Gasteiger partial charge in [0.15, 0.2) is 0 Å². The second kappa shape index (κ2) is 4.20. The van der Waals surface area contributed by atoms with Crippen LogP contribution in [0.1, 0.15) is 6.42 Å². The zero-order chi connectivity index (χ0) is 9.84. The third-order valence-corrected chi connectivity index (χ3v) is 2.52. The van der Waals surface area contributed by atoms with Crippen molar-refractivity contribution >= 4 is 12.6 Å². The standard InChI is InChI=1S/C10H12N2S/c1-3-12-5-4-9(8(2)6-11)10(13)7-12/h3,13H,1-2,4-5,7H2. The summed E-state index contributed by atoms with van der Waals surface area (Å²) in [6, 6.07) is 2.05. The quantitative estimate of drug-likeness (QED) is 0.536.